The van der Waals surface area contributed by atoms with Crippen LogP contribution in [0.1, 0.15) is 11.4 Å². The van der Waals surface area contributed by atoms with E-state index in [0.29, 0.717) is 10.0 Å². The van der Waals surface area contributed by atoms with Crippen LogP contribution >= 0.6 is 24.0 Å². The minimum Gasteiger partial charge on any atom is -0.497 e. The maximum atomic E-state index is 11.9. The van der Waals surface area contributed by atoms with E-state index in [-0.39, 0.29) is 11.7 Å². The largest absolute Gasteiger partial charge is 0.497 e. The van der Waals surface area contributed by atoms with Crippen molar-refractivity contribution in [2.24, 2.45) is 5.10 Å². The van der Waals surface area contributed by atoms with Crippen LogP contribution < -0.4 is 15.5 Å². The molecule has 0 radical (unpaired) electrons. The van der Waals surface area contributed by atoms with Gasteiger partial charge in [0.2, 0.25) is 5.91 Å². The summed E-state index contributed by atoms with van der Waals surface area (Å²) in [5.74, 6) is 0.776. The summed E-state index contributed by atoms with van der Waals surface area (Å²) in [6, 6.07) is 12.8. The molecule has 0 fully saturated rings. The molecule has 130 valence electrons. The predicted molar refractivity (Wildman–Crippen MR) is 106 cm³/mol. The Labute approximate surface area is 156 Å². The SMILES string of the molecule is COc1ccc(NC(=O)CSC(=S)N/N=C/c2cccc(C)n2)cc1. The van der Waals surface area contributed by atoms with Gasteiger partial charge in [0.1, 0.15) is 5.75 Å². The van der Waals surface area contributed by atoms with Gasteiger partial charge in [0.25, 0.3) is 0 Å². The van der Waals surface area contributed by atoms with Crippen LogP contribution in [0.3, 0.4) is 0 Å². The van der Waals surface area contributed by atoms with E-state index in [1.54, 1.807) is 37.6 Å². The molecule has 2 rings (SSSR count). The number of hydrogen-bond acceptors (Lipinski definition) is 6. The molecule has 1 aromatic carbocycles. The molecule has 0 saturated carbocycles. The van der Waals surface area contributed by atoms with Gasteiger partial charge >= 0.3 is 0 Å². The fraction of sp³-hybridized carbons (Fsp3) is 0.176. The second kappa shape index (κ2) is 9.75. The number of carbonyl (C=O) groups is 1. The van der Waals surface area contributed by atoms with Crippen molar-refractivity contribution >= 4 is 46.1 Å². The zero-order valence-electron chi connectivity index (χ0n) is 13.9. The van der Waals surface area contributed by atoms with Crippen LogP contribution in [-0.4, -0.2) is 34.3 Å². The smallest absolute Gasteiger partial charge is 0.234 e. The Morgan fingerprint density at radius 1 is 1.32 bits per heavy atom. The minimum atomic E-state index is -0.149. The van der Waals surface area contributed by atoms with E-state index in [2.05, 4.69) is 20.8 Å². The molecule has 0 aliphatic carbocycles. The number of amides is 1. The van der Waals surface area contributed by atoms with Crippen molar-refractivity contribution in [2.45, 2.75) is 6.92 Å². The lowest BCUT2D eigenvalue weighted by Crippen LogP contribution is -2.18. The number of rotatable bonds is 6. The van der Waals surface area contributed by atoms with E-state index < -0.39 is 0 Å². The number of thiocarbonyl (C=S) groups is 1. The summed E-state index contributed by atoms with van der Waals surface area (Å²) < 4.78 is 5.48. The first-order valence-corrected chi connectivity index (χ1v) is 8.79. The molecule has 0 aliphatic rings. The lowest BCUT2D eigenvalue weighted by Gasteiger charge is -2.06. The fourth-order valence-corrected chi connectivity index (χ4v) is 2.50. The highest BCUT2D eigenvalue weighted by Gasteiger charge is 2.05. The van der Waals surface area contributed by atoms with Crippen LogP contribution in [0.15, 0.2) is 47.6 Å². The third-order valence-corrected chi connectivity index (χ3v) is 4.18. The van der Waals surface area contributed by atoms with Crippen LogP contribution in [0.4, 0.5) is 5.69 Å². The minimum absolute atomic E-state index is 0.149. The molecule has 1 aromatic heterocycles. The van der Waals surface area contributed by atoms with Crippen molar-refractivity contribution in [3.8, 4) is 5.75 Å². The number of benzene rings is 1. The molecule has 8 heteroatoms. The standard InChI is InChI=1S/C17H18N4O2S2/c1-12-4-3-5-14(19-12)10-18-21-17(24)25-11-16(22)20-13-6-8-15(23-2)9-7-13/h3-10H,11H2,1-2H3,(H,20,22)(H,21,24)/b18-10+. The van der Waals surface area contributed by atoms with Gasteiger partial charge in [-0.15, -0.1) is 0 Å². The zero-order valence-corrected chi connectivity index (χ0v) is 15.5. The number of aryl methyl sites for hydroxylation is 1. The molecule has 1 heterocycles. The van der Waals surface area contributed by atoms with Crippen molar-refractivity contribution in [2.75, 3.05) is 18.2 Å². The van der Waals surface area contributed by atoms with Crippen LogP contribution in [0.5, 0.6) is 5.75 Å². The van der Waals surface area contributed by atoms with Crippen LogP contribution in [0.2, 0.25) is 0 Å². The number of nitrogens with one attached hydrogen (secondary N) is 2. The number of thioether (sulfide) groups is 1. The molecule has 0 unspecified atom stereocenters. The third-order valence-electron chi connectivity index (χ3n) is 2.97. The van der Waals surface area contributed by atoms with Gasteiger partial charge < -0.3 is 10.1 Å². The first-order valence-electron chi connectivity index (χ1n) is 7.40. The molecule has 0 saturated heterocycles. The summed E-state index contributed by atoms with van der Waals surface area (Å²) in [5, 5.41) is 6.80. The van der Waals surface area contributed by atoms with E-state index in [4.69, 9.17) is 17.0 Å². The molecule has 25 heavy (non-hydrogen) atoms. The Morgan fingerprint density at radius 3 is 2.76 bits per heavy atom. The highest BCUT2D eigenvalue weighted by atomic mass is 32.2. The average molecular weight is 374 g/mol. The summed E-state index contributed by atoms with van der Waals surface area (Å²) in [4.78, 5) is 16.2. The topological polar surface area (TPSA) is 75.6 Å². The quantitative estimate of drug-likeness (QED) is 0.460. The number of carbonyl (C=O) groups excluding carboxylic acids is 1. The second-order valence-corrected chi connectivity index (χ2v) is 6.58. The lowest BCUT2D eigenvalue weighted by molar-refractivity contribution is -0.113. The number of anilines is 1. The highest BCUT2D eigenvalue weighted by Crippen LogP contribution is 2.15. The van der Waals surface area contributed by atoms with E-state index >= 15 is 0 Å². The summed E-state index contributed by atoms with van der Waals surface area (Å²) in [6.45, 7) is 1.91. The van der Waals surface area contributed by atoms with Gasteiger partial charge in [-0.25, -0.2) is 0 Å². The molecular formula is C17H18N4O2S2. The van der Waals surface area contributed by atoms with E-state index in [1.807, 2.05) is 25.1 Å². The van der Waals surface area contributed by atoms with Gasteiger partial charge in [-0.3, -0.25) is 15.2 Å². The molecule has 0 aliphatic heterocycles. The molecule has 1 amide bonds. The summed E-state index contributed by atoms with van der Waals surface area (Å²) in [6.07, 6.45) is 1.58. The van der Waals surface area contributed by atoms with Gasteiger partial charge in [0, 0.05) is 11.4 Å². The normalized spacial score (nSPS) is 10.5. The second-order valence-electron chi connectivity index (χ2n) is 4.93. The van der Waals surface area contributed by atoms with Crippen molar-refractivity contribution in [1.29, 1.82) is 0 Å². The Kier molecular flexibility index (Phi) is 7.36. The maximum absolute atomic E-state index is 11.9. The summed E-state index contributed by atoms with van der Waals surface area (Å²) >= 11 is 6.33. The van der Waals surface area contributed by atoms with Gasteiger partial charge in [0.15, 0.2) is 4.32 Å². The van der Waals surface area contributed by atoms with Crippen molar-refractivity contribution in [3.05, 3.63) is 53.9 Å². The number of aromatic nitrogens is 1. The Morgan fingerprint density at radius 2 is 2.08 bits per heavy atom. The van der Waals surface area contributed by atoms with E-state index in [1.165, 1.54) is 11.8 Å². The fourth-order valence-electron chi connectivity index (χ4n) is 1.82. The van der Waals surface area contributed by atoms with Gasteiger partial charge in [0.05, 0.1) is 24.8 Å². The highest BCUT2D eigenvalue weighted by molar-refractivity contribution is 8.23. The predicted octanol–water partition coefficient (Wildman–Crippen LogP) is 2.98. The average Bonchev–Trinajstić information content (AvgIpc) is 2.61. The number of ether oxygens (including phenoxy) is 1. The number of hydrogen-bond donors (Lipinski definition) is 2. The monoisotopic (exact) mass is 374 g/mol. The van der Waals surface area contributed by atoms with Crippen molar-refractivity contribution in [3.63, 3.8) is 0 Å². The van der Waals surface area contributed by atoms with Gasteiger partial charge in [-0.2, -0.15) is 5.10 Å². The summed E-state index contributed by atoms with van der Waals surface area (Å²) in [7, 11) is 1.59. The first kappa shape index (κ1) is 18.9. The number of hydrazone groups is 1. The maximum Gasteiger partial charge on any atom is 0.234 e. The first-order chi connectivity index (χ1) is 12.1. The van der Waals surface area contributed by atoms with Crippen molar-refractivity contribution in [1.82, 2.24) is 10.4 Å². The number of methoxy groups -OCH3 is 1. The van der Waals surface area contributed by atoms with Gasteiger partial charge in [-0.05, 0) is 43.3 Å². The Balaban J connectivity index is 1.72. The Bertz CT molecular complexity index is 763. The molecule has 0 bridgehead atoms. The van der Waals surface area contributed by atoms with Crippen LogP contribution in [0, 0.1) is 6.92 Å². The van der Waals surface area contributed by atoms with Crippen molar-refractivity contribution < 1.29 is 9.53 Å². The lowest BCUT2D eigenvalue weighted by atomic mass is 10.3. The molecule has 2 N–H and O–H groups in total. The molecule has 6 nitrogen and oxygen atoms in total. The van der Waals surface area contributed by atoms with E-state index in [9.17, 15) is 4.79 Å². The summed E-state index contributed by atoms with van der Waals surface area (Å²) in [5.41, 5.74) is 5.06. The zero-order chi connectivity index (χ0) is 18.1. The third kappa shape index (κ3) is 6.90. The molecule has 0 spiro atoms. The molecule has 0 atom stereocenters. The molecule has 2 aromatic rings. The number of pyridine rings is 1. The number of nitrogens with zero attached hydrogens (tertiary/aromatic N) is 2. The molecular weight excluding hydrogens is 356 g/mol. The van der Waals surface area contributed by atoms with Crippen LogP contribution in [-0.2, 0) is 4.79 Å². The van der Waals surface area contributed by atoms with E-state index in [0.717, 1.165) is 17.1 Å². The Hall–Kier alpha value is -2.45. The van der Waals surface area contributed by atoms with Gasteiger partial charge in [-0.1, -0.05) is 30.0 Å². The van der Waals surface area contributed by atoms with Crippen LogP contribution in [0.25, 0.3) is 0 Å².